The van der Waals surface area contributed by atoms with E-state index in [9.17, 15) is 4.79 Å². The number of amides is 1. The maximum atomic E-state index is 12.0. The van der Waals surface area contributed by atoms with Gasteiger partial charge in [0.25, 0.3) is 5.91 Å². The summed E-state index contributed by atoms with van der Waals surface area (Å²) in [5.74, 6) is -0.580. The molecule has 0 aliphatic rings. The number of hydrazine groups is 1. The average Bonchev–Trinajstić information content (AvgIpc) is 2.52. The number of carbonyl (C=O) groups excluding carboxylic acids is 1. The van der Waals surface area contributed by atoms with Crippen LogP contribution in [-0.2, 0) is 4.79 Å². The van der Waals surface area contributed by atoms with E-state index in [1.54, 1.807) is 29.3 Å². The molecular formula is C17H14ClN3O. The van der Waals surface area contributed by atoms with Gasteiger partial charge in [0.2, 0.25) is 0 Å². The second-order valence-corrected chi connectivity index (χ2v) is 5.06. The standard InChI is InChI=1S/C17H14ClN3O/c1-12-6-5-7-14(10-12)21(20-17(22)13(2)11-19)16-9-4-3-8-15(16)18/h3-10H,2H2,1H3,(H,20,22). The van der Waals surface area contributed by atoms with Crippen molar-refractivity contribution in [2.75, 3.05) is 5.01 Å². The fraction of sp³-hybridized carbons (Fsp3) is 0.0588. The molecule has 2 aromatic rings. The Morgan fingerprint density at radius 3 is 2.64 bits per heavy atom. The molecule has 110 valence electrons. The number of anilines is 2. The zero-order chi connectivity index (χ0) is 16.1. The van der Waals surface area contributed by atoms with Gasteiger partial charge in [-0.3, -0.25) is 15.2 Å². The first-order chi connectivity index (χ1) is 10.5. The summed E-state index contributed by atoms with van der Waals surface area (Å²) in [6, 6.07) is 16.4. The highest BCUT2D eigenvalue weighted by molar-refractivity contribution is 6.33. The Bertz CT molecular complexity index is 764. The highest BCUT2D eigenvalue weighted by atomic mass is 35.5. The van der Waals surface area contributed by atoms with Crippen LogP contribution < -0.4 is 10.4 Å². The number of aryl methyl sites for hydroxylation is 1. The third-order valence-corrected chi connectivity index (χ3v) is 3.30. The molecule has 2 rings (SSSR count). The van der Waals surface area contributed by atoms with Crippen molar-refractivity contribution >= 4 is 28.9 Å². The Labute approximate surface area is 134 Å². The molecular weight excluding hydrogens is 298 g/mol. The fourth-order valence-corrected chi connectivity index (χ4v) is 2.10. The van der Waals surface area contributed by atoms with E-state index in [-0.39, 0.29) is 5.57 Å². The van der Waals surface area contributed by atoms with E-state index in [2.05, 4.69) is 12.0 Å². The summed E-state index contributed by atoms with van der Waals surface area (Å²) in [5.41, 5.74) is 4.84. The Hall–Kier alpha value is -2.77. The fourth-order valence-electron chi connectivity index (χ4n) is 1.88. The summed E-state index contributed by atoms with van der Waals surface area (Å²) in [5, 5.41) is 10.8. The minimum Gasteiger partial charge on any atom is -0.267 e. The lowest BCUT2D eigenvalue weighted by atomic mass is 10.2. The van der Waals surface area contributed by atoms with Gasteiger partial charge in [-0.1, -0.05) is 42.4 Å². The van der Waals surface area contributed by atoms with Gasteiger partial charge in [-0.15, -0.1) is 0 Å². The summed E-state index contributed by atoms with van der Waals surface area (Å²) in [6.07, 6.45) is 0. The van der Waals surface area contributed by atoms with Gasteiger partial charge in [0.05, 0.1) is 16.4 Å². The molecule has 2 aromatic carbocycles. The zero-order valence-electron chi connectivity index (χ0n) is 12.0. The number of nitriles is 1. The Kier molecular flexibility index (Phi) is 4.82. The molecule has 0 saturated carbocycles. The number of hydrogen-bond acceptors (Lipinski definition) is 3. The molecule has 0 fully saturated rings. The topological polar surface area (TPSA) is 56.1 Å². The third-order valence-electron chi connectivity index (χ3n) is 2.98. The third kappa shape index (κ3) is 3.46. The lowest BCUT2D eigenvalue weighted by Crippen LogP contribution is -2.39. The van der Waals surface area contributed by atoms with Crippen LogP contribution in [0.4, 0.5) is 11.4 Å². The van der Waals surface area contributed by atoms with Gasteiger partial charge in [0.15, 0.2) is 0 Å². The average molecular weight is 312 g/mol. The van der Waals surface area contributed by atoms with Gasteiger partial charge in [0.1, 0.15) is 11.6 Å². The summed E-state index contributed by atoms with van der Waals surface area (Å²) in [4.78, 5) is 12.0. The van der Waals surface area contributed by atoms with Gasteiger partial charge in [-0.2, -0.15) is 5.26 Å². The molecule has 0 saturated heterocycles. The maximum absolute atomic E-state index is 12.0. The monoisotopic (exact) mass is 311 g/mol. The molecule has 4 nitrogen and oxygen atoms in total. The molecule has 5 heteroatoms. The molecule has 22 heavy (non-hydrogen) atoms. The van der Waals surface area contributed by atoms with E-state index in [1.165, 1.54) is 0 Å². The van der Waals surface area contributed by atoms with E-state index < -0.39 is 5.91 Å². The molecule has 0 aliphatic heterocycles. The summed E-state index contributed by atoms with van der Waals surface area (Å²) in [7, 11) is 0. The molecule has 0 radical (unpaired) electrons. The second kappa shape index (κ2) is 6.79. The van der Waals surface area contributed by atoms with Crippen LogP contribution in [0.5, 0.6) is 0 Å². The zero-order valence-corrected chi connectivity index (χ0v) is 12.8. The second-order valence-electron chi connectivity index (χ2n) is 4.66. The Balaban J connectivity index is 2.46. The van der Waals surface area contributed by atoms with Crippen LogP contribution >= 0.6 is 11.6 Å². The highest BCUT2D eigenvalue weighted by Crippen LogP contribution is 2.30. The van der Waals surface area contributed by atoms with Gasteiger partial charge < -0.3 is 0 Å². The van der Waals surface area contributed by atoms with Gasteiger partial charge >= 0.3 is 0 Å². The van der Waals surface area contributed by atoms with Gasteiger partial charge in [-0.05, 0) is 36.8 Å². The first kappa shape index (κ1) is 15.6. The van der Waals surface area contributed by atoms with Crippen molar-refractivity contribution < 1.29 is 4.79 Å². The summed E-state index contributed by atoms with van der Waals surface area (Å²) < 4.78 is 0. The van der Waals surface area contributed by atoms with Crippen molar-refractivity contribution in [2.24, 2.45) is 0 Å². The van der Waals surface area contributed by atoms with Crippen molar-refractivity contribution in [3.8, 4) is 6.07 Å². The lowest BCUT2D eigenvalue weighted by molar-refractivity contribution is -0.117. The summed E-state index contributed by atoms with van der Waals surface area (Å²) in [6.45, 7) is 5.37. The molecule has 0 aliphatic carbocycles. The predicted octanol–water partition coefficient (Wildman–Crippen LogP) is 3.90. The number of benzene rings is 2. The van der Waals surface area contributed by atoms with Crippen LogP contribution in [0, 0.1) is 18.3 Å². The van der Waals surface area contributed by atoms with Crippen molar-refractivity contribution in [3.05, 3.63) is 71.3 Å². The normalized spacial score (nSPS) is 9.68. The quantitative estimate of drug-likeness (QED) is 0.529. The molecule has 0 aromatic heterocycles. The Morgan fingerprint density at radius 1 is 1.27 bits per heavy atom. The van der Waals surface area contributed by atoms with Gasteiger partial charge in [0, 0.05) is 0 Å². The van der Waals surface area contributed by atoms with E-state index in [4.69, 9.17) is 16.9 Å². The van der Waals surface area contributed by atoms with E-state index in [1.807, 2.05) is 37.3 Å². The largest absolute Gasteiger partial charge is 0.280 e. The molecule has 0 heterocycles. The van der Waals surface area contributed by atoms with Crippen LogP contribution in [0.2, 0.25) is 5.02 Å². The van der Waals surface area contributed by atoms with Gasteiger partial charge in [-0.25, -0.2) is 0 Å². The number of para-hydroxylation sites is 1. The van der Waals surface area contributed by atoms with E-state index >= 15 is 0 Å². The molecule has 1 N–H and O–H groups in total. The minimum absolute atomic E-state index is 0.176. The maximum Gasteiger partial charge on any atom is 0.280 e. The first-order valence-electron chi connectivity index (χ1n) is 6.54. The number of nitrogens with zero attached hydrogens (tertiary/aromatic N) is 2. The van der Waals surface area contributed by atoms with Crippen LogP contribution in [-0.4, -0.2) is 5.91 Å². The Morgan fingerprint density at radius 2 is 2.00 bits per heavy atom. The number of nitrogens with one attached hydrogen (secondary N) is 1. The number of hydrogen-bond donors (Lipinski definition) is 1. The van der Waals surface area contributed by atoms with E-state index in [0.29, 0.717) is 10.7 Å². The van der Waals surface area contributed by atoms with Crippen LogP contribution in [0.15, 0.2) is 60.7 Å². The van der Waals surface area contributed by atoms with Crippen molar-refractivity contribution in [3.63, 3.8) is 0 Å². The predicted molar refractivity (Wildman–Crippen MR) is 87.7 cm³/mol. The van der Waals surface area contributed by atoms with E-state index in [0.717, 1.165) is 11.3 Å². The molecule has 0 unspecified atom stereocenters. The smallest absolute Gasteiger partial charge is 0.267 e. The SMILES string of the molecule is C=C(C#N)C(=O)NN(c1cccc(C)c1)c1ccccc1Cl. The number of rotatable bonds is 4. The lowest BCUT2D eigenvalue weighted by Gasteiger charge is -2.26. The van der Waals surface area contributed by atoms with Crippen molar-refractivity contribution in [1.82, 2.24) is 5.43 Å². The number of carbonyl (C=O) groups is 1. The van der Waals surface area contributed by atoms with Crippen LogP contribution in [0.25, 0.3) is 0 Å². The minimum atomic E-state index is -0.580. The molecule has 1 amide bonds. The molecule has 0 atom stereocenters. The van der Waals surface area contributed by atoms with Crippen molar-refractivity contribution in [1.29, 1.82) is 5.26 Å². The van der Waals surface area contributed by atoms with Crippen LogP contribution in [0.1, 0.15) is 5.56 Å². The highest BCUT2D eigenvalue weighted by Gasteiger charge is 2.17. The number of halogens is 1. The molecule has 0 bridgehead atoms. The van der Waals surface area contributed by atoms with Crippen LogP contribution in [0.3, 0.4) is 0 Å². The molecule has 0 spiro atoms. The van der Waals surface area contributed by atoms with Crippen molar-refractivity contribution in [2.45, 2.75) is 6.92 Å². The first-order valence-corrected chi connectivity index (χ1v) is 6.92. The summed E-state index contributed by atoms with van der Waals surface area (Å²) >= 11 is 6.23.